The molecular formula is C16H24N2O2. The smallest absolute Gasteiger partial charge is 0.119 e. The van der Waals surface area contributed by atoms with Crippen molar-refractivity contribution in [3.8, 4) is 11.5 Å². The largest absolute Gasteiger partial charge is 0.508 e. The molecule has 4 N–H and O–H groups in total. The van der Waals surface area contributed by atoms with Gasteiger partial charge in [0.1, 0.15) is 11.5 Å². The zero-order valence-corrected chi connectivity index (χ0v) is 12.0. The van der Waals surface area contributed by atoms with Gasteiger partial charge in [0.25, 0.3) is 0 Å². The van der Waals surface area contributed by atoms with Gasteiger partial charge in [-0.3, -0.25) is 4.90 Å². The quantitative estimate of drug-likeness (QED) is 0.774. The fourth-order valence-electron chi connectivity index (χ4n) is 3.94. The van der Waals surface area contributed by atoms with Gasteiger partial charge in [-0.1, -0.05) is 6.42 Å². The molecule has 20 heavy (non-hydrogen) atoms. The summed E-state index contributed by atoms with van der Waals surface area (Å²) in [6, 6.07) is 5.39. The first-order valence-electron chi connectivity index (χ1n) is 7.57. The predicted octanol–water partition coefficient (Wildman–Crippen LogP) is 2.22. The van der Waals surface area contributed by atoms with Crippen molar-refractivity contribution in [3.63, 3.8) is 0 Å². The van der Waals surface area contributed by atoms with E-state index in [0.29, 0.717) is 17.9 Å². The van der Waals surface area contributed by atoms with E-state index in [1.165, 1.54) is 18.9 Å². The minimum atomic E-state index is 0.125. The predicted molar refractivity (Wildman–Crippen MR) is 78.6 cm³/mol. The molecule has 0 bridgehead atoms. The molecule has 1 aromatic carbocycles. The standard InChI is InChI=1S/C16H24N2O2/c1-10(12-5-13(19)7-14(20)6-12)18-8-11-3-2-4-16(17)15(11)9-18/h5-7,10-11,15-16,19-20H,2-4,8-9,17H2,1H3. The highest BCUT2D eigenvalue weighted by molar-refractivity contribution is 5.38. The first kappa shape index (κ1) is 13.7. The maximum absolute atomic E-state index is 9.64. The van der Waals surface area contributed by atoms with Crippen molar-refractivity contribution in [3.05, 3.63) is 23.8 Å². The Morgan fingerprint density at radius 1 is 1.15 bits per heavy atom. The van der Waals surface area contributed by atoms with Gasteiger partial charge in [-0.25, -0.2) is 0 Å². The Balaban J connectivity index is 1.76. The lowest BCUT2D eigenvalue weighted by Crippen LogP contribution is -2.38. The Kier molecular flexibility index (Phi) is 3.61. The third-order valence-corrected chi connectivity index (χ3v) is 5.14. The van der Waals surface area contributed by atoms with Gasteiger partial charge in [0, 0.05) is 31.2 Å². The van der Waals surface area contributed by atoms with Gasteiger partial charge in [-0.2, -0.15) is 0 Å². The zero-order chi connectivity index (χ0) is 14.3. The van der Waals surface area contributed by atoms with Crippen LogP contribution in [0.4, 0.5) is 0 Å². The molecule has 2 fully saturated rings. The molecule has 1 heterocycles. The number of hydrogen-bond acceptors (Lipinski definition) is 4. The summed E-state index contributed by atoms with van der Waals surface area (Å²) in [5.41, 5.74) is 7.23. The van der Waals surface area contributed by atoms with Crippen LogP contribution in [0.2, 0.25) is 0 Å². The van der Waals surface area contributed by atoms with E-state index in [0.717, 1.165) is 25.1 Å². The van der Waals surface area contributed by atoms with Crippen molar-refractivity contribution in [2.24, 2.45) is 17.6 Å². The molecule has 110 valence electrons. The zero-order valence-electron chi connectivity index (χ0n) is 12.0. The summed E-state index contributed by atoms with van der Waals surface area (Å²) in [7, 11) is 0. The second-order valence-electron chi connectivity index (χ2n) is 6.43. The van der Waals surface area contributed by atoms with Crippen LogP contribution in [0.3, 0.4) is 0 Å². The van der Waals surface area contributed by atoms with E-state index in [-0.39, 0.29) is 17.5 Å². The molecule has 4 nitrogen and oxygen atoms in total. The number of hydrogen-bond donors (Lipinski definition) is 3. The molecule has 1 saturated carbocycles. The Bertz CT molecular complexity index is 471. The molecule has 4 atom stereocenters. The van der Waals surface area contributed by atoms with Crippen LogP contribution in [-0.2, 0) is 0 Å². The number of nitrogens with zero attached hydrogens (tertiary/aromatic N) is 1. The van der Waals surface area contributed by atoms with Gasteiger partial charge in [-0.05, 0) is 49.3 Å². The van der Waals surface area contributed by atoms with Gasteiger partial charge in [0.05, 0.1) is 0 Å². The lowest BCUT2D eigenvalue weighted by molar-refractivity contribution is 0.244. The van der Waals surface area contributed by atoms with Gasteiger partial charge in [0.15, 0.2) is 0 Å². The first-order valence-corrected chi connectivity index (χ1v) is 7.57. The molecule has 0 spiro atoms. The summed E-state index contributed by atoms with van der Waals surface area (Å²) in [4.78, 5) is 2.44. The molecule has 3 rings (SSSR count). The van der Waals surface area contributed by atoms with E-state index < -0.39 is 0 Å². The molecule has 4 heteroatoms. The van der Waals surface area contributed by atoms with E-state index in [4.69, 9.17) is 5.73 Å². The second-order valence-corrected chi connectivity index (χ2v) is 6.43. The van der Waals surface area contributed by atoms with E-state index >= 15 is 0 Å². The van der Waals surface area contributed by atoms with Crippen LogP contribution in [0.15, 0.2) is 18.2 Å². The minimum Gasteiger partial charge on any atom is -0.508 e. The van der Waals surface area contributed by atoms with Crippen LogP contribution in [-0.4, -0.2) is 34.2 Å². The topological polar surface area (TPSA) is 69.7 Å². The van der Waals surface area contributed by atoms with Crippen molar-refractivity contribution >= 4 is 0 Å². The molecule has 1 saturated heterocycles. The molecule has 0 amide bonds. The van der Waals surface area contributed by atoms with Gasteiger partial charge in [-0.15, -0.1) is 0 Å². The van der Waals surface area contributed by atoms with Crippen molar-refractivity contribution in [1.82, 2.24) is 4.90 Å². The normalized spacial score (nSPS) is 32.0. The van der Waals surface area contributed by atoms with E-state index in [2.05, 4.69) is 11.8 Å². The Morgan fingerprint density at radius 3 is 2.50 bits per heavy atom. The number of fused-ring (bicyclic) bond motifs is 1. The van der Waals surface area contributed by atoms with Crippen molar-refractivity contribution < 1.29 is 10.2 Å². The van der Waals surface area contributed by atoms with E-state index in [1.54, 1.807) is 12.1 Å². The molecule has 0 aromatic heterocycles. The molecule has 0 radical (unpaired) electrons. The fraction of sp³-hybridized carbons (Fsp3) is 0.625. The number of benzene rings is 1. The van der Waals surface area contributed by atoms with Gasteiger partial charge >= 0.3 is 0 Å². The average Bonchev–Trinajstić information content (AvgIpc) is 2.82. The Labute approximate surface area is 120 Å². The fourth-order valence-corrected chi connectivity index (χ4v) is 3.94. The third-order valence-electron chi connectivity index (χ3n) is 5.14. The SMILES string of the molecule is CC(c1cc(O)cc(O)c1)N1CC2CCCC(N)C2C1. The van der Waals surface area contributed by atoms with Crippen molar-refractivity contribution in [1.29, 1.82) is 0 Å². The molecule has 1 aromatic rings. The van der Waals surface area contributed by atoms with E-state index in [9.17, 15) is 10.2 Å². The van der Waals surface area contributed by atoms with Gasteiger partial charge < -0.3 is 15.9 Å². The average molecular weight is 276 g/mol. The number of rotatable bonds is 2. The van der Waals surface area contributed by atoms with Crippen molar-refractivity contribution in [2.45, 2.75) is 38.3 Å². The summed E-state index contributed by atoms with van der Waals surface area (Å²) in [6.07, 6.45) is 3.68. The van der Waals surface area contributed by atoms with Crippen molar-refractivity contribution in [2.75, 3.05) is 13.1 Å². The van der Waals surface area contributed by atoms with Crippen LogP contribution < -0.4 is 5.73 Å². The van der Waals surface area contributed by atoms with Gasteiger partial charge in [0.2, 0.25) is 0 Å². The number of aromatic hydroxyl groups is 2. The second kappa shape index (κ2) is 5.26. The van der Waals surface area contributed by atoms with Crippen LogP contribution in [0.5, 0.6) is 11.5 Å². The summed E-state index contributed by atoms with van der Waals surface area (Å²) in [5, 5.41) is 19.3. The maximum atomic E-state index is 9.64. The maximum Gasteiger partial charge on any atom is 0.119 e. The van der Waals surface area contributed by atoms with Crippen LogP contribution >= 0.6 is 0 Å². The Morgan fingerprint density at radius 2 is 1.85 bits per heavy atom. The Hall–Kier alpha value is -1.26. The number of phenols is 2. The lowest BCUT2D eigenvalue weighted by Gasteiger charge is -2.30. The highest BCUT2D eigenvalue weighted by Crippen LogP contribution is 2.39. The molecule has 1 aliphatic carbocycles. The van der Waals surface area contributed by atoms with E-state index in [1.807, 2.05) is 0 Å². The molecular weight excluding hydrogens is 252 g/mol. The third kappa shape index (κ3) is 2.50. The minimum absolute atomic E-state index is 0.125. The summed E-state index contributed by atoms with van der Waals surface area (Å²) in [5.74, 6) is 1.57. The van der Waals surface area contributed by atoms with Crippen LogP contribution in [0.1, 0.15) is 37.8 Å². The summed E-state index contributed by atoms with van der Waals surface area (Å²) in [6.45, 7) is 4.25. The lowest BCUT2D eigenvalue weighted by atomic mass is 9.78. The highest BCUT2D eigenvalue weighted by atomic mass is 16.3. The first-order chi connectivity index (χ1) is 9.54. The van der Waals surface area contributed by atoms with Crippen LogP contribution in [0, 0.1) is 11.8 Å². The number of nitrogens with two attached hydrogens (primary N) is 1. The molecule has 2 aliphatic rings. The summed E-state index contributed by atoms with van der Waals surface area (Å²) < 4.78 is 0. The monoisotopic (exact) mass is 276 g/mol. The highest BCUT2D eigenvalue weighted by Gasteiger charge is 2.40. The number of phenolic OH excluding ortho intramolecular Hbond substituents is 2. The van der Waals surface area contributed by atoms with Crippen LogP contribution in [0.25, 0.3) is 0 Å². The summed E-state index contributed by atoms with van der Waals surface area (Å²) >= 11 is 0. The number of likely N-dealkylation sites (tertiary alicyclic amines) is 1. The molecule has 1 aliphatic heterocycles. The molecule has 4 unspecified atom stereocenters.